The van der Waals surface area contributed by atoms with Crippen molar-refractivity contribution in [1.29, 1.82) is 5.26 Å². The fraction of sp³-hybridized carbons (Fsp3) is 0.462. The quantitative estimate of drug-likeness (QED) is 0.814. The van der Waals surface area contributed by atoms with Gasteiger partial charge >= 0.3 is 0 Å². The van der Waals surface area contributed by atoms with E-state index >= 15 is 0 Å². The molecule has 80 valence electrons. The molecule has 0 atom stereocenters. The van der Waals surface area contributed by atoms with Crippen molar-refractivity contribution in [2.45, 2.75) is 39.2 Å². The molecule has 1 N–H and O–H groups in total. The zero-order valence-electron chi connectivity index (χ0n) is 9.83. The van der Waals surface area contributed by atoms with Crippen LogP contribution in [0.3, 0.4) is 0 Å². The van der Waals surface area contributed by atoms with E-state index in [2.05, 4.69) is 31.3 Å². The Bertz CT molecular complexity index is 372. The van der Waals surface area contributed by atoms with Gasteiger partial charge in [0.15, 0.2) is 0 Å². The molecule has 0 heterocycles. The van der Waals surface area contributed by atoms with Crippen molar-refractivity contribution in [1.82, 2.24) is 0 Å². The average Bonchev–Trinajstić information content (AvgIpc) is 2.18. The van der Waals surface area contributed by atoms with E-state index in [9.17, 15) is 0 Å². The van der Waals surface area contributed by atoms with Gasteiger partial charge in [0.2, 0.25) is 0 Å². The van der Waals surface area contributed by atoms with Gasteiger partial charge in [-0.15, -0.1) is 0 Å². The van der Waals surface area contributed by atoms with E-state index in [1.54, 1.807) is 0 Å². The van der Waals surface area contributed by atoms with Crippen LogP contribution in [0, 0.1) is 11.3 Å². The maximum absolute atomic E-state index is 8.97. The van der Waals surface area contributed by atoms with E-state index in [0.717, 1.165) is 5.69 Å². The number of hydrogen-bond acceptors (Lipinski definition) is 2. The van der Waals surface area contributed by atoms with Crippen LogP contribution in [0.1, 0.15) is 39.2 Å². The number of nitriles is 1. The van der Waals surface area contributed by atoms with Crippen LogP contribution in [0.15, 0.2) is 24.3 Å². The summed E-state index contributed by atoms with van der Waals surface area (Å²) in [7, 11) is 0. The molecule has 15 heavy (non-hydrogen) atoms. The largest absolute Gasteiger partial charge is 0.368 e. The summed E-state index contributed by atoms with van der Waals surface area (Å²) in [4.78, 5) is 0. The average molecular weight is 202 g/mol. The lowest BCUT2D eigenvalue weighted by Crippen LogP contribution is -2.29. The van der Waals surface area contributed by atoms with Gasteiger partial charge in [-0.25, -0.2) is 0 Å². The topological polar surface area (TPSA) is 35.8 Å². The van der Waals surface area contributed by atoms with Gasteiger partial charge < -0.3 is 5.32 Å². The van der Waals surface area contributed by atoms with Crippen LogP contribution >= 0.6 is 0 Å². The zero-order chi connectivity index (χ0) is 11.5. The smallest absolute Gasteiger partial charge is 0.119 e. The molecule has 1 aromatic carbocycles. The van der Waals surface area contributed by atoms with Gasteiger partial charge in [0.05, 0.1) is 6.07 Å². The van der Waals surface area contributed by atoms with Gasteiger partial charge in [-0.2, -0.15) is 5.26 Å². The molecule has 0 saturated carbocycles. The minimum absolute atomic E-state index is 0.461. The standard InChI is InChI=1S/C13H18N2/c1-10(2)11-7-5-6-8-12(11)15-13(3,4)9-14/h5-8,10,15H,1-4H3. The van der Waals surface area contributed by atoms with E-state index in [1.807, 2.05) is 32.0 Å². The van der Waals surface area contributed by atoms with Crippen molar-refractivity contribution >= 4 is 5.69 Å². The maximum atomic E-state index is 8.97. The molecule has 0 aliphatic heterocycles. The molecular formula is C13H18N2. The molecule has 0 radical (unpaired) electrons. The highest BCUT2D eigenvalue weighted by molar-refractivity contribution is 5.55. The highest BCUT2D eigenvalue weighted by atomic mass is 15.0. The van der Waals surface area contributed by atoms with Crippen LogP contribution in [-0.2, 0) is 0 Å². The van der Waals surface area contributed by atoms with E-state index in [-0.39, 0.29) is 0 Å². The van der Waals surface area contributed by atoms with Crippen LogP contribution in [-0.4, -0.2) is 5.54 Å². The Morgan fingerprint density at radius 2 is 1.87 bits per heavy atom. The summed E-state index contributed by atoms with van der Waals surface area (Å²) in [5, 5.41) is 12.2. The predicted octanol–water partition coefficient (Wildman–Crippen LogP) is 3.52. The molecule has 1 rings (SSSR count). The van der Waals surface area contributed by atoms with Crippen LogP contribution < -0.4 is 5.32 Å². The number of rotatable bonds is 3. The van der Waals surface area contributed by atoms with E-state index in [4.69, 9.17) is 5.26 Å². The number of hydrogen-bond donors (Lipinski definition) is 1. The van der Waals surface area contributed by atoms with Crippen LogP contribution in [0.2, 0.25) is 0 Å². The second-order valence-corrected chi connectivity index (χ2v) is 4.60. The van der Waals surface area contributed by atoms with Gasteiger partial charge in [-0.3, -0.25) is 0 Å². The lowest BCUT2D eigenvalue weighted by Gasteiger charge is -2.22. The first kappa shape index (κ1) is 11.6. The molecule has 0 aliphatic rings. The van der Waals surface area contributed by atoms with Gasteiger partial charge in [-0.05, 0) is 31.4 Å². The summed E-state index contributed by atoms with van der Waals surface area (Å²) in [5.41, 5.74) is 1.78. The number of nitrogens with one attached hydrogen (secondary N) is 1. The molecular weight excluding hydrogens is 184 g/mol. The monoisotopic (exact) mass is 202 g/mol. The van der Waals surface area contributed by atoms with Crippen molar-refractivity contribution < 1.29 is 0 Å². The first-order valence-electron chi connectivity index (χ1n) is 5.24. The Morgan fingerprint density at radius 1 is 1.27 bits per heavy atom. The third-order valence-corrected chi connectivity index (χ3v) is 2.31. The van der Waals surface area contributed by atoms with E-state index < -0.39 is 5.54 Å². The van der Waals surface area contributed by atoms with Crippen molar-refractivity contribution in [3.63, 3.8) is 0 Å². The fourth-order valence-corrected chi connectivity index (χ4v) is 1.48. The van der Waals surface area contributed by atoms with E-state index in [1.165, 1.54) is 5.56 Å². The lowest BCUT2D eigenvalue weighted by molar-refractivity contribution is 0.723. The molecule has 2 heteroatoms. The van der Waals surface area contributed by atoms with Gasteiger partial charge in [0.25, 0.3) is 0 Å². The Kier molecular flexibility index (Phi) is 3.36. The highest BCUT2D eigenvalue weighted by Crippen LogP contribution is 2.25. The van der Waals surface area contributed by atoms with Crippen molar-refractivity contribution in [2.75, 3.05) is 5.32 Å². The molecule has 2 nitrogen and oxygen atoms in total. The molecule has 0 unspecified atom stereocenters. The second-order valence-electron chi connectivity index (χ2n) is 4.60. The molecule has 0 spiro atoms. The second kappa shape index (κ2) is 4.35. The Morgan fingerprint density at radius 3 is 2.40 bits per heavy atom. The summed E-state index contributed by atoms with van der Waals surface area (Å²) in [6, 6.07) is 10.4. The minimum atomic E-state index is -0.523. The summed E-state index contributed by atoms with van der Waals surface area (Å²) in [5.74, 6) is 0.461. The first-order valence-corrected chi connectivity index (χ1v) is 5.24. The molecule has 0 fully saturated rings. The molecule has 0 aliphatic carbocycles. The number of benzene rings is 1. The number of anilines is 1. The van der Waals surface area contributed by atoms with Crippen molar-refractivity contribution in [3.05, 3.63) is 29.8 Å². The maximum Gasteiger partial charge on any atom is 0.119 e. The predicted molar refractivity (Wildman–Crippen MR) is 63.8 cm³/mol. The Balaban J connectivity index is 3.01. The van der Waals surface area contributed by atoms with Crippen LogP contribution in [0.5, 0.6) is 0 Å². The van der Waals surface area contributed by atoms with Crippen molar-refractivity contribution in [3.8, 4) is 6.07 Å². The molecule has 0 aromatic heterocycles. The highest BCUT2D eigenvalue weighted by Gasteiger charge is 2.17. The molecule has 0 saturated heterocycles. The molecule has 0 bridgehead atoms. The lowest BCUT2D eigenvalue weighted by atomic mass is 9.99. The first-order chi connectivity index (χ1) is 6.96. The normalized spacial score (nSPS) is 11.2. The van der Waals surface area contributed by atoms with E-state index in [0.29, 0.717) is 5.92 Å². The summed E-state index contributed by atoms with van der Waals surface area (Å²) >= 11 is 0. The van der Waals surface area contributed by atoms with Gasteiger partial charge in [0.1, 0.15) is 5.54 Å². The van der Waals surface area contributed by atoms with Gasteiger partial charge in [-0.1, -0.05) is 32.0 Å². The number of nitrogens with zero attached hydrogens (tertiary/aromatic N) is 1. The molecule has 0 amide bonds. The van der Waals surface area contributed by atoms with Gasteiger partial charge in [0, 0.05) is 5.69 Å². The number of para-hydroxylation sites is 1. The third-order valence-electron chi connectivity index (χ3n) is 2.31. The fourth-order valence-electron chi connectivity index (χ4n) is 1.48. The summed E-state index contributed by atoms with van der Waals surface area (Å²) < 4.78 is 0. The Labute approximate surface area is 91.9 Å². The third kappa shape index (κ3) is 2.99. The van der Waals surface area contributed by atoms with Crippen LogP contribution in [0.25, 0.3) is 0 Å². The van der Waals surface area contributed by atoms with Crippen molar-refractivity contribution in [2.24, 2.45) is 0 Å². The SMILES string of the molecule is CC(C)c1ccccc1NC(C)(C)C#N. The summed E-state index contributed by atoms with van der Waals surface area (Å²) in [6.07, 6.45) is 0. The van der Waals surface area contributed by atoms with Crippen LogP contribution in [0.4, 0.5) is 5.69 Å². The minimum Gasteiger partial charge on any atom is -0.368 e. The zero-order valence-corrected chi connectivity index (χ0v) is 9.83. The molecule has 1 aromatic rings. The Hall–Kier alpha value is -1.49. The summed E-state index contributed by atoms with van der Waals surface area (Å²) in [6.45, 7) is 8.06.